The number of benzene rings is 1. The molecule has 1 aromatic carbocycles. The molecule has 1 heterocycles. The van der Waals surface area contributed by atoms with Gasteiger partial charge in [-0.25, -0.2) is 0 Å². The first-order valence-corrected chi connectivity index (χ1v) is 6.08. The summed E-state index contributed by atoms with van der Waals surface area (Å²) in [5.74, 6) is 0.577. The number of hydrogen-bond donors (Lipinski definition) is 1. The van der Waals surface area contributed by atoms with Crippen LogP contribution in [0.1, 0.15) is 17.2 Å². The summed E-state index contributed by atoms with van der Waals surface area (Å²) in [5.41, 5.74) is 1.66. The van der Waals surface area contributed by atoms with Crippen LogP contribution in [-0.2, 0) is 0 Å². The third-order valence-corrected chi connectivity index (χ3v) is 3.36. The van der Waals surface area contributed by atoms with Crippen molar-refractivity contribution in [3.63, 3.8) is 0 Å². The molecule has 84 valence electrons. The lowest BCUT2D eigenvalue weighted by molar-refractivity contribution is 0.220. The first kappa shape index (κ1) is 11.5. The molecule has 1 N–H and O–H groups in total. The number of ether oxygens (including phenoxy) is 1. The molecule has 0 radical (unpaired) electrons. The van der Waals surface area contributed by atoms with Gasteiger partial charge in [0.2, 0.25) is 0 Å². The van der Waals surface area contributed by atoms with E-state index in [1.54, 1.807) is 36.6 Å². The molecular weight excluding hydrogens is 244 g/mol. The third-order valence-electron chi connectivity index (χ3n) is 2.35. The van der Waals surface area contributed by atoms with Gasteiger partial charge in [-0.05, 0) is 40.1 Å². The van der Waals surface area contributed by atoms with Crippen molar-refractivity contribution in [3.8, 4) is 5.75 Å². The van der Waals surface area contributed by atoms with E-state index >= 15 is 0 Å². The van der Waals surface area contributed by atoms with Gasteiger partial charge in [-0.3, -0.25) is 0 Å². The zero-order chi connectivity index (χ0) is 11.5. The zero-order valence-corrected chi connectivity index (χ0v) is 10.3. The molecule has 0 amide bonds. The van der Waals surface area contributed by atoms with Crippen molar-refractivity contribution in [3.05, 3.63) is 51.2 Å². The molecule has 1 aromatic heterocycles. The van der Waals surface area contributed by atoms with Crippen LogP contribution in [0.25, 0.3) is 0 Å². The van der Waals surface area contributed by atoms with E-state index in [4.69, 9.17) is 16.3 Å². The second-order valence-corrected chi connectivity index (χ2v) is 4.54. The Hall–Kier alpha value is -1.03. The molecule has 0 aliphatic heterocycles. The highest BCUT2D eigenvalue weighted by Gasteiger charge is 2.12. The van der Waals surface area contributed by atoms with Gasteiger partial charge < -0.3 is 9.84 Å². The second-order valence-electron chi connectivity index (χ2n) is 3.35. The molecule has 0 spiro atoms. The predicted molar refractivity (Wildman–Crippen MR) is 66.4 cm³/mol. The molecule has 0 aliphatic rings. The summed E-state index contributed by atoms with van der Waals surface area (Å²) < 4.78 is 5.11. The Labute approximate surface area is 103 Å². The van der Waals surface area contributed by atoms with E-state index in [1.165, 1.54) is 0 Å². The topological polar surface area (TPSA) is 29.5 Å². The fourth-order valence-corrected chi connectivity index (χ4v) is 2.34. The lowest BCUT2D eigenvalue weighted by Gasteiger charge is -2.11. The van der Waals surface area contributed by atoms with Crippen molar-refractivity contribution in [2.24, 2.45) is 0 Å². The molecule has 0 bridgehead atoms. The number of halogens is 1. The molecule has 0 saturated heterocycles. The Kier molecular flexibility index (Phi) is 3.49. The van der Waals surface area contributed by atoms with E-state index in [0.29, 0.717) is 10.8 Å². The summed E-state index contributed by atoms with van der Waals surface area (Å²) in [5, 5.41) is 14.5. The van der Waals surface area contributed by atoms with Gasteiger partial charge in [-0.1, -0.05) is 17.7 Å². The first-order valence-electron chi connectivity index (χ1n) is 4.76. The van der Waals surface area contributed by atoms with E-state index in [-0.39, 0.29) is 0 Å². The fraction of sp³-hybridized carbons (Fsp3) is 0.167. The van der Waals surface area contributed by atoms with Crippen LogP contribution in [0.2, 0.25) is 5.02 Å². The molecule has 0 fully saturated rings. The van der Waals surface area contributed by atoms with Crippen LogP contribution >= 0.6 is 22.9 Å². The van der Waals surface area contributed by atoms with Crippen LogP contribution in [0.3, 0.4) is 0 Å². The lowest BCUT2D eigenvalue weighted by Crippen LogP contribution is -1.98. The summed E-state index contributed by atoms with van der Waals surface area (Å²) in [6.45, 7) is 0. The smallest absolute Gasteiger partial charge is 0.137 e. The third kappa shape index (κ3) is 2.21. The Bertz CT molecular complexity index is 468. The van der Waals surface area contributed by atoms with Crippen molar-refractivity contribution >= 4 is 22.9 Å². The van der Waals surface area contributed by atoms with Crippen molar-refractivity contribution in [2.45, 2.75) is 6.10 Å². The van der Waals surface area contributed by atoms with Gasteiger partial charge in [-0.15, -0.1) is 0 Å². The van der Waals surface area contributed by atoms with Crippen LogP contribution in [0.4, 0.5) is 0 Å². The maximum atomic E-state index is 10.1. The number of rotatable bonds is 3. The molecule has 1 unspecified atom stereocenters. The molecule has 4 heteroatoms. The van der Waals surface area contributed by atoms with Crippen LogP contribution in [-0.4, -0.2) is 12.2 Å². The molecule has 1 atom stereocenters. The molecular formula is C12H11ClO2S. The van der Waals surface area contributed by atoms with E-state index < -0.39 is 6.10 Å². The van der Waals surface area contributed by atoms with Gasteiger partial charge in [0.15, 0.2) is 0 Å². The average molecular weight is 255 g/mol. The number of thiophene rings is 1. The van der Waals surface area contributed by atoms with Crippen LogP contribution < -0.4 is 4.74 Å². The number of methoxy groups -OCH3 is 1. The largest absolute Gasteiger partial charge is 0.495 e. The highest BCUT2D eigenvalue weighted by atomic mass is 35.5. The highest BCUT2D eigenvalue weighted by Crippen LogP contribution is 2.30. The van der Waals surface area contributed by atoms with E-state index in [2.05, 4.69) is 0 Å². The Balaban J connectivity index is 2.34. The van der Waals surface area contributed by atoms with Crippen molar-refractivity contribution < 1.29 is 9.84 Å². The van der Waals surface area contributed by atoms with Gasteiger partial charge in [0, 0.05) is 0 Å². The summed E-state index contributed by atoms with van der Waals surface area (Å²) in [6.07, 6.45) is -0.627. The van der Waals surface area contributed by atoms with Gasteiger partial charge >= 0.3 is 0 Å². The van der Waals surface area contributed by atoms with E-state index in [1.807, 2.05) is 16.8 Å². The SMILES string of the molecule is COc1cc(C(O)c2ccsc2)ccc1Cl. The summed E-state index contributed by atoms with van der Waals surface area (Å²) >= 11 is 7.48. The standard InChI is InChI=1S/C12H11ClO2S/c1-15-11-6-8(2-3-10(11)13)12(14)9-4-5-16-7-9/h2-7,12,14H,1H3. The van der Waals surface area contributed by atoms with Crippen LogP contribution in [0.5, 0.6) is 5.75 Å². The fourth-order valence-electron chi connectivity index (χ4n) is 1.47. The molecule has 16 heavy (non-hydrogen) atoms. The Morgan fingerprint density at radius 3 is 2.75 bits per heavy atom. The highest BCUT2D eigenvalue weighted by molar-refractivity contribution is 7.07. The predicted octanol–water partition coefficient (Wildman–Crippen LogP) is 3.49. The quantitative estimate of drug-likeness (QED) is 0.909. The van der Waals surface area contributed by atoms with Crippen molar-refractivity contribution in [1.29, 1.82) is 0 Å². The average Bonchev–Trinajstić information content (AvgIpc) is 2.82. The van der Waals surface area contributed by atoms with Crippen LogP contribution in [0.15, 0.2) is 35.0 Å². The summed E-state index contributed by atoms with van der Waals surface area (Å²) in [7, 11) is 1.56. The van der Waals surface area contributed by atoms with Crippen molar-refractivity contribution in [1.82, 2.24) is 0 Å². The maximum absolute atomic E-state index is 10.1. The normalized spacial score (nSPS) is 12.4. The second kappa shape index (κ2) is 4.87. The zero-order valence-electron chi connectivity index (χ0n) is 8.68. The van der Waals surface area contributed by atoms with Gasteiger partial charge in [-0.2, -0.15) is 11.3 Å². The van der Waals surface area contributed by atoms with Gasteiger partial charge in [0.25, 0.3) is 0 Å². The molecule has 2 aromatic rings. The lowest BCUT2D eigenvalue weighted by atomic mass is 10.0. The van der Waals surface area contributed by atoms with Gasteiger partial charge in [0.1, 0.15) is 11.9 Å². The number of aliphatic hydroxyl groups excluding tert-OH is 1. The minimum absolute atomic E-state index is 0.545. The first-order chi connectivity index (χ1) is 7.72. The summed E-state index contributed by atoms with van der Waals surface area (Å²) in [4.78, 5) is 0. The number of aliphatic hydroxyl groups is 1. The van der Waals surface area contributed by atoms with Crippen molar-refractivity contribution in [2.75, 3.05) is 7.11 Å². The molecule has 0 aliphatic carbocycles. The minimum Gasteiger partial charge on any atom is -0.495 e. The molecule has 0 saturated carbocycles. The Morgan fingerprint density at radius 2 is 2.12 bits per heavy atom. The maximum Gasteiger partial charge on any atom is 0.137 e. The molecule has 2 rings (SSSR count). The van der Waals surface area contributed by atoms with E-state index in [9.17, 15) is 5.11 Å². The van der Waals surface area contributed by atoms with E-state index in [0.717, 1.165) is 11.1 Å². The summed E-state index contributed by atoms with van der Waals surface area (Å²) in [6, 6.07) is 7.18. The van der Waals surface area contributed by atoms with Crippen LogP contribution in [0, 0.1) is 0 Å². The number of hydrogen-bond acceptors (Lipinski definition) is 3. The minimum atomic E-state index is -0.627. The Morgan fingerprint density at radius 1 is 1.31 bits per heavy atom. The van der Waals surface area contributed by atoms with Gasteiger partial charge in [0.05, 0.1) is 12.1 Å². The molecule has 2 nitrogen and oxygen atoms in total. The monoisotopic (exact) mass is 254 g/mol.